The number of hydrogen-bond acceptors (Lipinski definition) is 3. The van der Waals surface area contributed by atoms with Crippen LogP contribution in [0.1, 0.15) is 26.7 Å². The summed E-state index contributed by atoms with van der Waals surface area (Å²) in [5.74, 6) is 0. The van der Waals surface area contributed by atoms with Gasteiger partial charge in [0.1, 0.15) is 0 Å². The molecule has 0 radical (unpaired) electrons. The Morgan fingerprint density at radius 2 is 1.87 bits per heavy atom. The quantitative estimate of drug-likeness (QED) is 0.568. The molecule has 0 aliphatic carbocycles. The van der Waals surface area contributed by atoms with Crippen molar-refractivity contribution in [3.05, 3.63) is 0 Å². The van der Waals surface area contributed by atoms with Crippen molar-refractivity contribution >= 4 is 6.41 Å². The molecule has 0 aromatic heterocycles. The van der Waals surface area contributed by atoms with Crippen molar-refractivity contribution in [1.29, 1.82) is 0 Å². The molecule has 1 heterocycles. The Bertz CT molecular complexity index is 115. The van der Waals surface area contributed by atoms with Crippen molar-refractivity contribution in [3.63, 3.8) is 0 Å². The maximum absolute atomic E-state index is 9.51. The highest BCUT2D eigenvalue weighted by Gasteiger charge is 2.03. The molecule has 1 N–H and O–H groups in total. The van der Waals surface area contributed by atoms with Crippen molar-refractivity contribution in [2.45, 2.75) is 26.7 Å². The van der Waals surface area contributed by atoms with Crippen molar-refractivity contribution < 1.29 is 9.53 Å². The molecule has 1 rings (SSSR count). The fourth-order valence-electron chi connectivity index (χ4n) is 1.10. The van der Waals surface area contributed by atoms with E-state index in [9.17, 15) is 4.79 Å². The van der Waals surface area contributed by atoms with Crippen LogP contribution in [-0.2, 0) is 9.53 Å². The zero-order chi connectivity index (χ0) is 11.9. The third-order valence-corrected chi connectivity index (χ3v) is 1.86. The molecule has 1 aliphatic heterocycles. The summed E-state index contributed by atoms with van der Waals surface area (Å²) in [6.07, 6.45) is 3.48. The minimum atomic E-state index is 0.582. The summed E-state index contributed by atoms with van der Waals surface area (Å²) in [5, 5.41) is 2.44. The van der Waals surface area contributed by atoms with E-state index in [4.69, 9.17) is 0 Å². The first-order valence-corrected chi connectivity index (χ1v) is 5.65. The van der Waals surface area contributed by atoms with Gasteiger partial charge in [0.05, 0.1) is 6.61 Å². The summed E-state index contributed by atoms with van der Waals surface area (Å²) in [6, 6.07) is 0. The molecule has 0 bridgehead atoms. The summed E-state index contributed by atoms with van der Waals surface area (Å²) < 4.78 is 4.62. The van der Waals surface area contributed by atoms with E-state index in [0.29, 0.717) is 19.6 Å². The van der Waals surface area contributed by atoms with Crippen LogP contribution in [0.25, 0.3) is 0 Å². The van der Waals surface area contributed by atoms with Gasteiger partial charge in [-0.1, -0.05) is 13.8 Å². The van der Waals surface area contributed by atoms with Crippen molar-refractivity contribution in [1.82, 2.24) is 10.2 Å². The average molecular weight is 218 g/mol. The van der Waals surface area contributed by atoms with E-state index in [1.807, 2.05) is 13.8 Å². The van der Waals surface area contributed by atoms with Gasteiger partial charge in [-0.2, -0.15) is 0 Å². The molecule has 4 heteroatoms. The molecule has 0 aromatic carbocycles. The highest BCUT2D eigenvalue weighted by molar-refractivity contribution is 5.45. The zero-order valence-electron chi connectivity index (χ0n) is 10.6. The maximum atomic E-state index is 9.51. The van der Waals surface area contributed by atoms with Gasteiger partial charge in [0.25, 0.3) is 0 Å². The molecular formula is C11H26N2O2. The van der Waals surface area contributed by atoms with Gasteiger partial charge in [0, 0.05) is 13.7 Å². The van der Waals surface area contributed by atoms with Crippen LogP contribution in [0.2, 0.25) is 0 Å². The SMILES string of the molecule is CC.CN1CCCC1.COCCNC=O. The predicted octanol–water partition coefficient (Wildman–Crippen LogP) is 1.12. The first kappa shape index (κ1) is 16.8. The Balaban J connectivity index is 0. The Kier molecular flexibility index (Phi) is 17.8. The lowest BCUT2D eigenvalue weighted by atomic mass is 10.4. The minimum Gasteiger partial charge on any atom is -0.383 e. The molecule has 15 heavy (non-hydrogen) atoms. The molecule has 0 saturated carbocycles. The lowest BCUT2D eigenvalue weighted by Gasteiger charge is -2.01. The van der Waals surface area contributed by atoms with Gasteiger partial charge in [-0.3, -0.25) is 4.79 Å². The number of likely N-dealkylation sites (tertiary alicyclic amines) is 1. The van der Waals surface area contributed by atoms with Gasteiger partial charge in [-0.25, -0.2) is 0 Å². The number of ether oxygens (including phenoxy) is 1. The van der Waals surface area contributed by atoms with Crippen molar-refractivity contribution in [2.24, 2.45) is 0 Å². The van der Waals surface area contributed by atoms with Crippen LogP contribution >= 0.6 is 0 Å². The number of amides is 1. The highest BCUT2D eigenvalue weighted by Crippen LogP contribution is 2.01. The largest absolute Gasteiger partial charge is 0.383 e. The third kappa shape index (κ3) is 16.1. The first-order valence-electron chi connectivity index (χ1n) is 5.65. The number of nitrogens with zero attached hydrogens (tertiary/aromatic N) is 1. The molecule has 0 atom stereocenters. The van der Waals surface area contributed by atoms with Gasteiger partial charge in [0.15, 0.2) is 0 Å². The smallest absolute Gasteiger partial charge is 0.207 e. The number of carbonyl (C=O) groups is 1. The Labute approximate surface area is 94.0 Å². The van der Waals surface area contributed by atoms with Crippen LogP contribution in [0.15, 0.2) is 0 Å². The average Bonchev–Trinajstić information content (AvgIpc) is 2.74. The summed E-state index contributed by atoms with van der Waals surface area (Å²) >= 11 is 0. The second kappa shape index (κ2) is 15.8. The number of carbonyl (C=O) groups excluding carboxylic acids is 1. The normalized spacial score (nSPS) is 14.4. The van der Waals surface area contributed by atoms with E-state index >= 15 is 0 Å². The van der Waals surface area contributed by atoms with Crippen molar-refractivity contribution in [3.8, 4) is 0 Å². The van der Waals surface area contributed by atoms with Crippen LogP contribution in [-0.4, -0.2) is 51.7 Å². The van der Waals surface area contributed by atoms with E-state index in [2.05, 4.69) is 22.0 Å². The Morgan fingerprint density at radius 1 is 1.33 bits per heavy atom. The second-order valence-corrected chi connectivity index (χ2v) is 3.08. The number of methoxy groups -OCH3 is 1. The molecule has 0 spiro atoms. The van der Waals surface area contributed by atoms with Crippen LogP contribution in [0.4, 0.5) is 0 Å². The number of rotatable bonds is 4. The lowest BCUT2D eigenvalue weighted by molar-refractivity contribution is -0.109. The fraction of sp³-hybridized carbons (Fsp3) is 0.909. The standard InChI is InChI=1S/C5H11N.C4H9NO2.C2H6/c1-6-4-2-3-5-6;1-7-3-2-5-4-6;1-2/h2-5H2,1H3;4H,2-3H2,1H3,(H,5,6);1-2H3. The van der Waals surface area contributed by atoms with Gasteiger partial charge < -0.3 is 15.0 Å². The molecule has 1 fully saturated rings. The van der Waals surface area contributed by atoms with Gasteiger partial charge in [-0.15, -0.1) is 0 Å². The Morgan fingerprint density at radius 3 is 2.13 bits per heavy atom. The van der Waals surface area contributed by atoms with E-state index in [0.717, 1.165) is 0 Å². The monoisotopic (exact) mass is 218 g/mol. The maximum Gasteiger partial charge on any atom is 0.207 e. The molecule has 0 aromatic rings. The minimum absolute atomic E-state index is 0.582. The van der Waals surface area contributed by atoms with Gasteiger partial charge >= 0.3 is 0 Å². The molecule has 92 valence electrons. The van der Waals surface area contributed by atoms with E-state index in [1.54, 1.807) is 7.11 Å². The summed E-state index contributed by atoms with van der Waals surface area (Å²) in [5.41, 5.74) is 0. The molecule has 4 nitrogen and oxygen atoms in total. The van der Waals surface area contributed by atoms with Gasteiger partial charge in [-0.05, 0) is 33.0 Å². The van der Waals surface area contributed by atoms with Crippen LogP contribution in [0, 0.1) is 0 Å². The van der Waals surface area contributed by atoms with Crippen LogP contribution in [0.5, 0.6) is 0 Å². The summed E-state index contributed by atoms with van der Waals surface area (Å²) in [7, 11) is 3.76. The van der Waals surface area contributed by atoms with Gasteiger partial charge in [0.2, 0.25) is 6.41 Å². The lowest BCUT2D eigenvalue weighted by Crippen LogP contribution is -2.16. The predicted molar refractivity (Wildman–Crippen MR) is 64.0 cm³/mol. The third-order valence-electron chi connectivity index (χ3n) is 1.86. The number of hydrogen-bond donors (Lipinski definition) is 1. The van der Waals surface area contributed by atoms with Crippen LogP contribution < -0.4 is 5.32 Å². The van der Waals surface area contributed by atoms with E-state index in [-0.39, 0.29) is 0 Å². The Hall–Kier alpha value is -0.610. The fourth-order valence-corrected chi connectivity index (χ4v) is 1.10. The zero-order valence-corrected chi connectivity index (χ0v) is 10.6. The number of nitrogens with one attached hydrogen (secondary N) is 1. The van der Waals surface area contributed by atoms with Crippen molar-refractivity contribution in [2.75, 3.05) is 40.4 Å². The summed E-state index contributed by atoms with van der Waals surface area (Å²) in [6.45, 7) is 7.82. The summed E-state index contributed by atoms with van der Waals surface area (Å²) in [4.78, 5) is 11.9. The second-order valence-electron chi connectivity index (χ2n) is 3.08. The molecule has 0 unspecified atom stereocenters. The topological polar surface area (TPSA) is 41.6 Å². The van der Waals surface area contributed by atoms with E-state index in [1.165, 1.54) is 25.9 Å². The molecule has 1 saturated heterocycles. The molecular weight excluding hydrogens is 192 g/mol. The molecule has 1 aliphatic rings. The van der Waals surface area contributed by atoms with E-state index < -0.39 is 0 Å². The molecule has 1 amide bonds. The highest BCUT2D eigenvalue weighted by atomic mass is 16.5. The first-order chi connectivity index (χ1) is 7.31. The van der Waals surface area contributed by atoms with Crippen LogP contribution in [0.3, 0.4) is 0 Å².